The van der Waals surface area contributed by atoms with E-state index in [1.807, 2.05) is 6.26 Å². The highest BCUT2D eigenvalue weighted by Crippen LogP contribution is 2.08. The number of H-pyrrole nitrogens is 1. The minimum atomic E-state index is -1.32. The number of nitrogens with zero attached hydrogens (tertiary/aromatic N) is 1. The van der Waals surface area contributed by atoms with Gasteiger partial charge >= 0.3 is 5.69 Å². The van der Waals surface area contributed by atoms with Gasteiger partial charge in [-0.2, -0.15) is 16.2 Å². The molecule has 0 bridgehead atoms. The molecule has 0 amide bonds. The minimum Gasteiger partial charge on any atom is -0.492 e. The first-order chi connectivity index (χ1) is 7.07. The highest BCUT2D eigenvalue weighted by atomic mass is 32.2. The second-order valence-electron chi connectivity index (χ2n) is 2.89. The number of aromatic hydroxyl groups is 1. The van der Waals surface area contributed by atoms with Crippen molar-refractivity contribution in [3.05, 3.63) is 26.7 Å². The van der Waals surface area contributed by atoms with Gasteiger partial charge in [0.15, 0.2) is 0 Å². The third-order valence-electron chi connectivity index (χ3n) is 1.85. The highest BCUT2D eigenvalue weighted by molar-refractivity contribution is 7.98. The Hall–Kier alpha value is -1.24. The fourth-order valence-electron chi connectivity index (χ4n) is 1.11. The molecule has 0 atom stereocenters. The van der Waals surface area contributed by atoms with Gasteiger partial charge in [-0.15, -0.1) is 0 Å². The first-order valence-corrected chi connectivity index (χ1v) is 5.68. The Morgan fingerprint density at radius 1 is 1.53 bits per heavy atom. The summed E-state index contributed by atoms with van der Waals surface area (Å²) in [4.78, 5) is 23.7. The molecule has 1 rings (SSSR count). The molecule has 15 heavy (non-hydrogen) atoms. The van der Waals surface area contributed by atoms with Gasteiger partial charge in [-0.3, -0.25) is 14.3 Å². The lowest BCUT2D eigenvalue weighted by Crippen LogP contribution is -2.32. The standard InChI is InChI=1S/C8H11FN2O3S/c1-15-4-2-3-11-7(13)5(9)6(12)10-8(11)14/h13H,2-4H2,1H3,(H,10,12,14). The van der Waals surface area contributed by atoms with Gasteiger partial charge in [-0.25, -0.2) is 4.79 Å². The summed E-state index contributed by atoms with van der Waals surface area (Å²) >= 11 is 1.58. The lowest BCUT2D eigenvalue weighted by Gasteiger charge is -2.06. The van der Waals surface area contributed by atoms with Crippen LogP contribution >= 0.6 is 11.8 Å². The van der Waals surface area contributed by atoms with Crippen molar-refractivity contribution in [2.75, 3.05) is 12.0 Å². The van der Waals surface area contributed by atoms with E-state index in [0.717, 1.165) is 10.3 Å². The number of thioether (sulfide) groups is 1. The molecule has 0 saturated heterocycles. The SMILES string of the molecule is CSCCCn1c(O)c(F)c(=O)[nH]c1=O. The van der Waals surface area contributed by atoms with Crippen LogP contribution < -0.4 is 11.2 Å². The molecule has 1 aromatic rings. The van der Waals surface area contributed by atoms with Gasteiger partial charge in [0.2, 0.25) is 11.7 Å². The maximum absolute atomic E-state index is 12.9. The zero-order valence-corrected chi connectivity index (χ0v) is 8.93. The lowest BCUT2D eigenvalue weighted by atomic mass is 10.4. The second-order valence-corrected chi connectivity index (χ2v) is 3.88. The van der Waals surface area contributed by atoms with Crippen LogP contribution in [-0.4, -0.2) is 26.7 Å². The molecule has 7 heteroatoms. The fourth-order valence-corrected chi connectivity index (χ4v) is 1.53. The van der Waals surface area contributed by atoms with Crippen molar-refractivity contribution in [3.63, 3.8) is 0 Å². The van der Waals surface area contributed by atoms with E-state index in [9.17, 15) is 19.1 Å². The molecule has 0 aliphatic rings. The third kappa shape index (κ3) is 2.62. The topological polar surface area (TPSA) is 75.1 Å². The average Bonchev–Trinajstić information content (AvgIpc) is 2.20. The summed E-state index contributed by atoms with van der Waals surface area (Å²) in [6.45, 7) is 0.180. The highest BCUT2D eigenvalue weighted by Gasteiger charge is 2.12. The Morgan fingerprint density at radius 2 is 2.20 bits per heavy atom. The van der Waals surface area contributed by atoms with Crippen molar-refractivity contribution in [3.8, 4) is 5.88 Å². The molecule has 0 aliphatic carbocycles. The van der Waals surface area contributed by atoms with Crippen LogP contribution in [0, 0.1) is 5.82 Å². The lowest BCUT2D eigenvalue weighted by molar-refractivity contribution is 0.359. The molecule has 0 fully saturated rings. The second kappa shape index (κ2) is 5.01. The molecular formula is C8H11FN2O3S. The quantitative estimate of drug-likeness (QED) is 0.726. The summed E-state index contributed by atoms with van der Waals surface area (Å²) in [5.74, 6) is -1.43. The number of halogens is 1. The van der Waals surface area contributed by atoms with Crippen molar-refractivity contribution in [1.82, 2.24) is 9.55 Å². The van der Waals surface area contributed by atoms with Gasteiger partial charge in [0.1, 0.15) is 0 Å². The fraction of sp³-hybridized carbons (Fsp3) is 0.500. The van der Waals surface area contributed by atoms with E-state index in [1.54, 1.807) is 16.7 Å². The van der Waals surface area contributed by atoms with E-state index in [4.69, 9.17) is 0 Å². The maximum atomic E-state index is 12.9. The predicted octanol–water partition coefficient (Wildman–Crippen LogP) is 0.134. The first kappa shape index (κ1) is 11.8. The molecule has 0 aromatic carbocycles. The summed E-state index contributed by atoms with van der Waals surface area (Å²) in [7, 11) is 0. The van der Waals surface area contributed by atoms with Crippen LogP contribution in [0.5, 0.6) is 5.88 Å². The maximum Gasteiger partial charge on any atom is 0.331 e. The largest absolute Gasteiger partial charge is 0.492 e. The van der Waals surface area contributed by atoms with Crippen LogP contribution in [-0.2, 0) is 6.54 Å². The van der Waals surface area contributed by atoms with Crippen LogP contribution in [0.2, 0.25) is 0 Å². The number of nitrogens with one attached hydrogen (secondary N) is 1. The molecule has 1 aromatic heterocycles. The molecular weight excluding hydrogens is 223 g/mol. The number of hydrogen-bond acceptors (Lipinski definition) is 4. The monoisotopic (exact) mass is 234 g/mol. The van der Waals surface area contributed by atoms with Gasteiger partial charge in [0.05, 0.1) is 0 Å². The molecule has 0 spiro atoms. The Morgan fingerprint density at radius 3 is 2.80 bits per heavy atom. The van der Waals surface area contributed by atoms with E-state index in [2.05, 4.69) is 0 Å². The summed E-state index contributed by atoms with van der Waals surface area (Å²) < 4.78 is 13.7. The minimum absolute atomic E-state index is 0.180. The summed E-state index contributed by atoms with van der Waals surface area (Å²) in [5.41, 5.74) is -1.99. The van der Waals surface area contributed by atoms with E-state index in [0.29, 0.717) is 6.42 Å². The molecule has 2 N–H and O–H groups in total. The van der Waals surface area contributed by atoms with Crippen LogP contribution in [0.15, 0.2) is 9.59 Å². The Balaban J connectivity index is 3.02. The molecule has 0 unspecified atom stereocenters. The number of aromatic amines is 1. The Kier molecular flexibility index (Phi) is 3.96. The normalized spacial score (nSPS) is 10.5. The van der Waals surface area contributed by atoms with Gasteiger partial charge in [0, 0.05) is 6.54 Å². The molecule has 1 heterocycles. The predicted molar refractivity (Wildman–Crippen MR) is 55.9 cm³/mol. The van der Waals surface area contributed by atoms with E-state index in [1.165, 1.54) is 0 Å². The zero-order valence-electron chi connectivity index (χ0n) is 8.12. The van der Waals surface area contributed by atoms with Crippen LogP contribution in [0.25, 0.3) is 0 Å². The Bertz CT molecular complexity index is 454. The number of hydrogen-bond donors (Lipinski definition) is 2. The zero-order chi connectivity index (χ0) is 11.4. The van der Waals surface area contributed by atoms with E-state index < -0.39 is 22.9 Å². The van der Waals surface area contributed by atoms with E-state index >= 15 is 0 Å². The van der Waals surface area contributed by atoms with Gasteiger partial charge < -0.3 is 5.11 Å². The van der Waals surface area contributed by atoms with Crippen LogP contribution in [0.3, 0.4) is 0 Å². The van der Waals surface area contributed by atoms with Gasteiger partial charge in [-0.1, -0.05) is 0 Å². The van der Waals surface area contributed by atoms with Crippen molar-refractivity contribution in [2.24, 2.45) is 0 Å². The Labute approximate surface area is 88.9 Å². The van der Waals surface area contributed by atoms with Gasteiger partial charge in [-0.05, 0) is 18.4 Å². The molecule has 0 radical (unpaired) electrons. The third-order valence-corrected chi connectivity index (χ3v) is 2.54. The van der Waals surface area contributed by atoms with Crippen LogP contribution in [0.1, 0.15) is 6.42 Å². The molecule has 0 saturated carbocycles. The molecule has 0 aliphatic heterocycles. The summed E-state index contributed by atoms with van der Waals surface area (Å²) in [6.07, 6.45) is 2.51. The van der Waals surface area contributed by atoms with Crippen molar-refractivity contribution >= 4 is 11.8 Å². The van der Waals surface area contributed by atoms with Crippen molar-refractivity contribution < 1.29 is 9.50 Å². The molecule has 84 valence electrons. The summed E-state index contributed by atoms with van der Waals surface area (Å²) in [6, 6.07) is 0. The number of aromatic nitrogens is 2. The average molecular weight is 234 g/mol. The van der Waals surface area contributed by atoms with Crippen molar-refractivity contribution in [2.45, 2.75) is 13.0 Å². The molecule has 5 nitrogen and oxygen atoms in total. The van der Waals surface area contributed by atoms with Crippen molar-refractivity contribution in [1.29, 1.82) is 0 Å². The number of rotatable bonds is 4. The summed E-state index contributed by atoms with van der Waals surface area (Å²) in [5, 5.41) is 9.22. The van der Waals surface area contributed by atoms with Gasteiger partial charge in [0.25, 0.3) is 5.56 Å². The first-order valence-electron chi connectivity index (χ1n) is 4.28. The van der Waals surface area contributed by atoms with Crippen LogP contribution in [0.4, 0.5) is 4.39 Å². The smallest absolute Gasteiger partial charge is 0.331 e. The van der Waals surface area contributed by atoms with E-state index in [-0.39, 0.29) is 6.54 Å².